The average Bonchev–Trinajstić information content (AvgIpc) is 3.39. The Hall–Kier alpha value is -3.05. The number of halogens is 2. The molecule has 0 spiro atoms. The fourth-order valence-corrected chi connectivity index (χ4v) is 7.59. The van der Waals surface area contributed by atoms with Crippen molar-refractivity contribution < 1.29 is 31.5 Å². The fraction of sp³-hybridized carbons (Fsp3) is 0.600. The van der Waals surface area contributed by atoms with Crippen LogP contribution in [0, 0.1) is 11.2 Å². The Morgan fingerprint density at radius 2 is 1.80 bits per heavy atom. The van der Waals surface area contributed by atoms with Crippen molar-refractivity contribution in [1.29, 1.82) is 0 Å². The normalized spacial score (nSPS) is 25.0. The summed E-state index contributed by atoms with van der Waals surface area (Å²) in [6.45, 7) is 9.28. The Morgan fingerprint density at radius 3 is 2.46 bits per heavy atom. The van der Waals surface area contributed by atoms with Gasteiger partial charge in [0.15, 0.2) is 0 Å². The minimum Gasteiger partial charge on any atom is -0.490 e. The molecule has 1 heterocycles. The molecule has 2 aromatic rings. The molecule has 2 saturated carbocycles. The van der Waals surface area contributed by atoms with Gasteiger partial charge in [0.1, 0.15) is 17.7 Å². The molecule has 2 amide bonds. The second-order valence-electron chi connectivity index (χ2n) is 14.6. The van der Waals surface area contributed by atoms with E-state index in [1.165, 1.54) is 13.0 Å². The molecule has 252 valence electrons. The molecule has 3 fully saturated rings. The first kappa shape index (κ1) is 34.3. The third kappa shape index (κ3) is 7.25. The van der Waals surface area contributed by atoms with Crippen LogP contribution in [0.5, 0.6) is 5.75 Å². The Bertz CT molecular complexity index is 1590. The van der Waals surface area contributed by atoms with E-state index < -0.39 is 32.9 Å². The number of carbonyl (C=O) groups is 2. The van der Waals surface area contributed by atoms with E-state index >= 15 is 8.78 Å². The third-order valence-electron chi connectivity index (χ3n) is 9.94. The molecule has 3 aliphatic rings. The average molecular weight is 660 g/mol. The number of hydrogen-bond donors (Lipinski definition) is 3. The number of amides is 2. The van der Waals surface area contributed by atoms with Gasteiger partial charge in [0, 0.05) is 31.1 Å². The van der Waals surface area contributed by atoms with Crippen LogP contribution in [0.4, 0.5) is 8.78 Å². The number of ether oxygens (including phenoxy) is 1. The highest BCUT2D eigenvalue weighted by Crippen LogP contribution is 2.46. The summed E-state index contributed by atoms with van der Waals surface area (Å²) in [4.78, 5) is 26.2. The van der Waals surface area contributed by atoms with Gasteiger partial charge in [-0.05, 0) is 99.1 Å². The predicted molar refractivity (Wildman–Crippen MR) is 174 cm³/mol. The SMILES string of the molecule is CCS(=O)(=O)NC(=O)C(C)(C)c1ccc(O[C@@H]2CC[C@@H](NC(=O)[C@]3(F)CNCC(C)(C)C3)C2)c(-c2cccc(F)c2C2CCC2)c1. The predicted octanol–water partition coefficient (Wildman–Crippen LogP) is 5.65. The smallest absolute Gasteiger partial charge is 0.259 e. The van der Waals surface area contributed by atoms with E-state index in [0.29, 0.717) is 53.8 Å². The zero-order valence-electron chi connectivity index (χ0n) is 27.5. The third-order valence-corrected chi connectivity index (χ3v) is 11.2. The van der Waals surface area contributed by atoms with Gasteiger partial charge >= 0.3 is 0 Å². The minimum atomic E-state index is -3.78. The van der Waals surface area contributed by atoms with E-state index in [4.69, 9.17) is 4.74 Å². The maximum Gasteiger partial charge on any atom is 0.259 e. The van der Waals surface area contributed by atoms with Crippen molar-refractivity contribution in [3.63, 3.8) is 0 Å². The van der Waals surface area contributed by atoms with Gasteiger partial charge in [-0.2, -0.15) is 0 Å². The first-order valence-electron chi connectivity index (χ1n) is 16.4. The lowest BCUT2D eigenvalue weighted by Gasteiger charge is -2.39. The molecule has 8 nitrogen and oxygen atoms in total. The van der Waals surface area contributed by atoms with E-state index in [0.717, 1.165) is 19.3 Å². The molecule has 0 unspecified atom stereocenters. The highest BCUT2D eigenvalue weighted by molar-refractivity contribution is 7.90. The largest absolute Gasteiger partial charge is 0.490 e. The number of piperidine rings is 1. The summed E-state index contributed by atoms with van der Waals surface area (Å²) >= 11 is 0. The van der Waals surface area contributed by atoms with Crippen molar-refractivity contribution in [3.8, 4) is 16.9 Å². The van der Waals surface area contributed by atoms with Crippen LogP contribution in [-0.2, 0) is 25.0 Å². The lowest BCUT2D eigenvalue weighted by atomic mass is 9.76. The molecule has 5 rings (SSSR count). The quantitative estimate of drug-likeness (QED) is 0.304. The summed E-state index contributed by atoms with van der Waals surface area (Å²) in [6, 6.07) is 10.0. The summed E-state index contributed by atoms with van der Waals surface area (Å²) in [5.41, 5.74) is -1.08. The molecule has 1 aliphatic heterocycles. The van der Waals surface area contributed by atoms with Gasteiger partial charge < -0.3 is 15.4 Å². The molecule has 3 N–H and O–H groups in total. The van der Waals surface area contributed by atoms with Crippen molar-refractivity contribution in [2.24, 2.45) is 5.41 Å². The number of alkyl halides is 1. The first-order chi connectivity index (χ1) is 21.5. The Morgan fingerprint density at radius 1 is 1.07 bits per heavy atom. The number of hydrogen-bond acceptors (Lipinski definition) is 6. The van der Waals surface area contributed by atoms with Crippen LogP contribution in [0.25, 0.3) is 11.1 Å². The zero-order valence-corrected chi connectivity index (χ0v) is 28.3. The number of carbonyl (C=O) groups excluding carboxylic acids is 2. The molecular weight excluding hydrogens is 612 g/mol. The van der Waals surface area contributed by atoms with Crippen LogP contribution in [0.2, 0.25) is 0 Å². The minimum absolute atomic E-state index is 0.0136. The fourth-order valence-electron chi connectivity index (χ4n) is 6.90. The summed E-state index contributed by atoms with van der Waals surface area (Å²) in [5.74, 6) is -1.22. The number of rotatable bonds is 10. The first-order valence-corrected chi connectivity index (χ1v) is 18.0. The molecule has 0 aromatic heterocycles. The molecule has 1 saturated heterocycles. The number of nitrogens with one attached hydrogen (secondary N) is 3. The molecule has 11 heteroatoms. The van der Waals surface area contributed by atoms with Crippen molar-refractivity contribution >= 4 is 21.8 Å². The highest BCUT2D eigenvalue weighted by Gasteiger charge is 2.47. The van der Waals surface area contributed by atoms with Gasteiger partial charge in [0.25, 0.3) is 5.91 Å². The van der Waals surface area contributed by atoms with Crippen molar-refractivity contribution in [2.45, 2.75) is 109 Å². The summed E-state index contributed by atoms with van der Waals surface area (Å²) in [6.07, 6.45) is 4.39. The Kier molecular flexibility index (Phi) is 9.59. The van der Waals surface area contributed by atoms with Crippen LogP contribution in [0.15, 0.2) is 36.4 Å². The van der Waals surface area contributed by atoms with E-state index in [9.17, 15) is 18.0 Å². The van der Waals surface area contributed by atoms with E-state index in [2.05, 4.69) is 15.4 Å². The second-order valence-corrected chi connectivity index (χ2v) is 16.6. The standard InChI is InChI=1S/C35H47F2N3O5S/c1-6-46(43,44)40-31(41)34(4,5)23-13-16-29(27(17-23)26-11-8-12-28(36)30(26)22-9-7-10-22)45-25-15-14-24(18-25)39-32(42)35(37)19-33(2,3)20-38-21-35/h8,11-13,16-17,22,24-25,38H,6-7,9-10,14-15,18-21H2,1-5H3,(H,39,42)(H,40,41)/t24-,25-,35-/m1/s1. The van der Waals surface area contributed by atoms with E-state index in [-0.39, 0.29) is 48.0 Å². The lowest BCUT2D eigenvalue weighted by molar-refractivity contribution is -0.137. The molecule has 3 atom stereocenters. The maximum absolute atomic E-state index is 15.7. The van der Waals surface area contributed by atoms with Gasteiger partial charge in [-0.15, -0.1) is 0 Å². The van der Waals surface area contributed by atoms with Gasteiger partial charge in [-0.3, -0.25) is 14.3 Å². The van der Waals surface area contributed by atoms with Gasteiger partial charge in [0.2, 0.25) is 21.6 Å². The topological polar surface area (TPSA) is 114 Å². The maximum atomic E-state index is 15.7. The van der Waals surface area contributed by atoms with Crippen molar-refractivity contribution in [3.05, 3.63) is 53.3 Å². The van der Waals surface area contributed by atoms with Crippen molar-refractivity contribution in [2.75, 3.05) is 18.8 Å². The second kappa shape index (κ2) is 12.9. The zero-order chi connectivity index (χ0) is 33.5. The summed E-state index contributed by atoms with van der Waals surface area (Å²) in [7, 11) is -3.78. The molecule has 46 heavy (non-hydrogen) atoms. The Labute approximate surface area is 271 Å². The van der Waals surface area contributed by atoms with Crippen molar-refractivity contribution in [1.82, 2.24) is 15.4 Å². The molecule has 0 bridgehead atoms. The molecule has 2 aromatic carbocycles. The van der Waals surface area contributed by atoms with Crippen LogP contribution in [0.3, 0.4) is 0 Å². The van der Waals surface area contributed by atoms with Gasteiger partial charge in [0.05, 0.1) is 11.2 Å². The van der Waals surface area contributed by atoms with E-state index in [1.807, 2.05) is 19.9 Å². The van der Waals surface area contributed by atoms with Gasteiger partial charge in [-0.1, -0.05) is 38.5 Å². The number of sulfonamides is 1. The van der Waals surface area contributed by atoms with Gasteiger partial charge in [-0.25, -0.2) is 17.2 Å². The van der Waals surface area contributed by atoms with Crippen LogP contribution in [0.1, 0.15) is 96.6 Å². The van der Waals surface area contributed by atoms with Crippen LogP contribution >= 0.6 is 0 Å². The highest BCUT2D eigenvalue weighted by atomic mass is 32.2. The monoisotopic (exact) mass is 659 g/mol. The lowest BCUT2D eigenvalue weighted by Crippen LogP contribution is -2.59. The summed E-state index contributed by atoms with van der Waals surface area (Å²) in [5, 5.41) is 5.98. The van der Waals surface area contributed by atoms with Crippen LogP contribution in [-0.4, -0.2) is 56.9 Å². The molecule has 2 aliphatic carbocycles. The summed E-state index contributed by atoms with van der Waals surface area (Å²) < 4.78 is 64.2. The van der Waals surface area contributed by atoms with Crippen LogP contribution < -0.4 is 20.1 Å². The molecular formula is C35H47F2N3O5S. The Balaban J connectivity index is 1.42. The molecule has 0 radical (unpaired) electrons. The number of benzene rings is 2. The van der Waals surface area contributed by atoms with E-state index in [1.54, 1.807) is 38.1 Å².